The van der Waals surface area contributed by atoms with Gasteiger partial charge in [0.25, 0.3) is 0 Å². The van der Waals surface area contributed by atoms with Crippen LogP contribution in [-0.2, 0) is 13.1 Å². The van der Waals surface area contributed by atoms with Crippen molar-refractivity contribution >= 4 is 6.03 Å². The minimum absolute atomic E-state index is 0.0905. The molecule has 0 aliphatic heterocycles. The van der Waals surface area contributed by atoms with Crippen molar-refractivity contribution in [2.24, 2.45) is 0 Å². The molecule has 20 heavy (non-hydrogen) atoms. The third-order valence-corrected chi connectivity index (χ3v) is 3.06. The molecule has 5 nitrogen and oxygen atoms in total. The Kier molecular flexibility index (Phi) is 7.69. The molecule has 0 aliphatic carbocycles. The fourth-order valence-electron chi connectivity index (χ4n) is 1.79. The summed E-state index contributed by atoms with van der Waals surface area (Å²) in [5, 5.41) is 14.1. The third-order valence-electron chi connectivity index (χ3n) is 3.06. The Bertz CT molecular complexity index is 410. The Hall–Kier alpha value is -1.59. The van der Waals surface area contributed by atoms with Crippen molar-refractivity contribution in [1.82, 2.24) is 15.5 Å². The van der Waals surface area contributed by atoms with Crippen molar-refractivity contribution in [2.45, 2.75) is 26.4 Å². The van der Waals surface area contributed by atoms with Crippen LogP contribution < -0.4 is 10.6 Å². The number of carbonyl (C=O) groups is 1. The maximum absolute atomic E-state index is 11.5. The van der Waals surface area contributed by atoms with Crippen LogP contribution in [0.2, 0.25) is 0 Å². The summed E-state index contributed by atoms with van der Waals surface area (Å²) in [5.74, 6) is 0. The average molecular weight is 279 g/mol. The predicted molar refractivity (Wildman–Crippen MR) is 80.4 cm³/mol. The maximum Gasteiger partial charge on any atom is 0.315 e. The van der Waals surface area contributed by atoms with Crippen molar-refractivity contribution in [3.63, 3.8) is 0 Å². The number of aliphatic hydroxyl groups is 1. The maximum atomic E-state index is 11.5. The molecule has 112 valence electrons. The van der Waals surface area contributed by atoms with E-state index in [0.717, 1.165) is 18.7 Å². The second kappa shape index (κ2) is 9.34. The first-order valence-corrected chi connectivity index (χ1v) is 7.04. The number of hydrogen-bond acceptors (Lipinski definition) is 3. The SMILES string of the molecule is CCN(C)Cc1cccc(CNC(=O)NCCCO)c1. The zero-order valence-electron chi connectivity index (χ0n) is 12.4. The first kappa shape index (κ1) is 16.5. The zero-order valence-corrected chi connectivity index (χ0v) is 12.4. The third kappa shape index (κ3) is 6.54. The van der Waals surface area contributed by atoms with E-state index in [-0.39, 0.29) is 12.6 Å². The van der Waals surface area contributed by atoms with E-state index < -0.39 is 0 Å². The molecule has 0 radical (unpaired) electrons. The molecule has 1 aromatic carbocycles. The van der Waals surface area contributed by atoms with Crippen LogP contribution in [0.25, 0.3) is 0 Å². The number of rotatable bonds is 8. The number of aliphatic hydroxyl groups excluding tert-OH is 1. The average Bonchev–Trinajstić information content (AvgIpc) is 2.45. The highest BCUT2D eigenvalue weighted by molar-refractivity contribution is 5.73. The van der Waals surface area contributed by atoms with Gasteiger partial charge in [-0.15, -0.1) is 0 Å². The topological polar surface area (TPSA) is 64.6 Å². The lowest BCUT2D eigenvalue weighted by molar-refractivity contribution is 0.237. The molecule has 0 fully saturated rings. The summed E-state index contributed by atoms with van der Waals surface area (Å²) in [5.41, 5.74) is 2.33. The molecule has 0 saturated carbocycles. The van der Waals surface area contributed by atoms with Crippen LogP contribution in [0.5, 0.6) is 0 Å². The van der Waals surface area contributed by atoms with E-state index in [2.05, 4.69) is 41.6 Å². The molecule has 0 bridgehead atoms. The second-order valence-electron chi connectivity index (χ2n) is 4.84. The van der Waals surface area contributed by atoms with Crippen LogP contribution in [0, 0.1) is 0 Å². The minimum atomic E-state index is -0.200. The van der Waals surface area contributed by atoms with Gasteiger partial charge in [0, 0.05) is 26.2 Å². The van der Waals surface area contributed by atoms with Gasteiger partial charge in [0.05, 0.1) is 0 Å². The van der Waals surface area contributed by atoms with Gasteiger partial charge in [0.15, 0.2) is 0 Å². The first-order valence-electron chi connectivity index (χ1n) is 7.04. The molecule has 3 N–H and O–H groups in total. The van der Waals surface area contributed by atoms with Crippen LogP contribution in [0.3, 0.4) is 0 Å². The van der Waals surface area contributed by atoms with E-state index in [9.17, 15) is 4.79 Å². The van der Waals surface area contributed by atoms with Crippen LogP contribution in [0.1, 0.15) is 24.5 Å². The number of nitrogens with one attached hydrogen (secondary N) is 2. The minimum Gasteiger partial charge on any atom is -0.396 e. The molecule has 5 heteroatoms. The van der Waals surface area contributed by atoms with E-state index in [1.807, 2.05) is 12.1 Å². The smallest absolute Gasteiger partial charge is 0.315 e. The molecule has 1 rings (SSSR count). The summed E-state index contributed by atoms with van der Waals surface area (Å²) < 4.78 is 0. The summed E-state index contributed by atoms with van der Waals surface area (Å²) in [6.07, 6.45) is 0.576. The molecule has 0 saturated heterocycles. The number of urea groups is 1. The number of benzene rings is 1. The number of hydrogen-bond donors (Lipinski definition) is 3. The molecule has 1 aromatic rings. The molecule has 0 heterocycles. The summed E-state index contributed by atoms with van der Waals surface area (Å²) in [4.78, 5) is 13.7. The van der Waals surface area contributed by atoms with Crippen LogP contribution in [-0.4, -0.2) is 42.8 Å². The van der Waals surface area contributed by atoms with E-state index in [1.165, 1.54) is 5.56 Å². The lowest BCUT2D eigenvalue weighted by Crippen LogP contribution is -2.35. The van der Waals surface area contributed by atoms with Gasteiger partial charge >= 0.3 is 6.03 Å². The van der Waals surface area contributed by atoms with Crippen LogP contribution >= 0.6 is 0 Å². The number of amides is 2. The first-order chi connectivity index (χ1) is 9.65. The Morgan fingerprint density at radius 1 is 1.30 bits per heavy atom. The van der Waals surface area contributed by atoms with Gasteiger partial charge in [-0.2, -0.15) is 0 Å². The molecule has 0 aliphatic rings. The van der Waals surface area contributed by atoms with E-state index in [4.69, 9.17) is 5.11 Å². The molecule has 2 amide bonds. The standard InChI is InChI=1S/C15H25N3O2/c1-3-18(2)12-14-7-4-6-13(10-14)11-17-15(20)16-8-5-9-19/h4,6-7,10,19H,3,5,8-9,11-12H2,1-2H3,(H2,16,17,20). The van der Waals surface area contributed by atoms with Crippen molar-refractivity contribution in [2.75, 3.05) is 26.7 Å². The van der Waals surface area contributed by atoms with Gasteiger partial charge in [-0.3, -0.25) is 0 Å². The molecule has 0 atom stereocenters. The summed E-state index contributed by atoms with van der Waals surface area (Å²) >= 11 is 0. The predicted octanol–water partition coefficient (Wildman–Crippen LogP) is 1.32. The Labute approximate surface area is 121 Å². The van der Waals surface area contributed by atoms with Crippen molar-refractivity contribution in [1.29, 1.82) is 0 Å². The van der Waals surface area contributed by atoms with Crippen molar-refractivity contribution in [3.05, 3.63) is 35.4 Å². The summed E-state index contributed by atoms with van der Waals surface area (Å²) in [6.45, 7) is 5.14. The Morgan fingerprint density at radius 2 is 2.05 bits per heavy atom. The fourth-order valence-corrected chi connectivity index (χ4v) is 1.79. The molecule has 0 spiro atoms. The summed E-state index contributed by atoms with van der Waals surface area (Å²) in [7, 11) is 2.08. The lowest BCUT2D eigenvalue weighted by Gasteiger charge is -2.14. The molecule has 0 aromatic heterocycles. The fraction of sp³-hybridized carbons (Fsp3) is 0.533. The Balaban J connectivity index is 2.40. The van der Waals surface area contributed by atoms with Crippen molar-refractivity contribution in [3.8, 4) is 0 Å². The highest BCUT2D eigenvalue weighted by Crippen LogP contribution is 2.07. The van der Waals surface area contributed by atoms with Gasteiger partial charge in [-0.05, 0) is 31.1 Å². The van der Waals surface area contributed by atoms with Crippen LogP contribution in [0.15, 0.2) is 24.3 Å². The largest absolute Gasteiger partial charge is 0.396 e. The van der Waals surface area contributed by atoms with Crippen LogP contribution in [0.4, 0.5) is 4.79 Å². The molecule has 0 unspecified atom stereocenters. The van der Waals surface area contributed by atoms with Gasteiger partial charge in [-0.1, -0.05) is 31.2 Å². The number of nitrogens with zero attached hydrogens (tertiary/aromatic N) is 1. The van der Waals surface area contributed by atoms with E-state index in [0.29, 0.717) is 19.5 Å². The monoisotopic (exact) mass is 279 g/mol. The zero-order chi connectivity index (χ0) is 14.8. The van der Waals surface area contributed by atoms with Gasteiger partial charge < -0.3 is 20.6 Å². The van der Waals surface area contributed by atoms with E-state index >= 15 is 0 Å². The van der Waals surface area contributed by atoms with Gasteiger partial charge in [0.2, 0.25) is 0 Å². The summed E-state index contributed by atoms with van der Waals surface area (Å²) in [6, 6.07) is 8.02. The Morgan fingerprint density at radius 3 is 2.75 bits per heavy atom. The van der Waals surface area contributed by atoms with Gasteiger partial charge in [-0.25, -0.2) is 4.79 Å². The number of carbonyl (C=O) groups excluding carboxylic acids is 1. The lowest BCUT2D eigenvalue weighted by atomic mass is 10.1. The quantitative estimate of drug-likeness (QED) is 0.629. The highest BCUT2D eigenvalue weighted by Gasteiger charge is 2.02. The second-order valence-corrected chi connectivity index (χ2v) is 4.84. The molecular weight excluding hydrogens is 254 g/mol. The van der Waals surface area contributed by atoms with Gasteiger partial charge in [0.1, 0.15) is 0 Å². The normalized spacial score (nSPS) is 10.6. The van der Waals surface area contributed by atoms with Crippen molar-refractivity contribution < 1.29 is 9.90 Å². The highest BCUT2D eigenvalue weighted by atomic mass is 16.3. The van der Waals surface area contributed by atoms with E-state index in [1.54, 1.807) is 0 Å². The molecular formula is C15H25N3O2.